The molecule has 1 aromatic heterocycles. The smallest absolute Gasteiger partial charge is 0.328 e. The van der Waals surface area contributed by atoms with Gasteiger partial charge < -0.3 is 15.7 Å². The third-order valence-corrected chi connectivity index (χ3v) is 6.65. The minimum absolute atomic E-state index is 0.117. The van der Waals surface area contributed by atoms with E-state index in [4.69, 9.17) is 21.7 Å². The molecule has 11 heteroatoms. The normalized spacial score (nSPS) is 15.8. The van der Waals surface area contributed by atoms with E-state index in [1.807, 2.05) is 12.1 Å². The van der Waals surface area contributed by atoms with Crippen LogP contribution in [-0.2, 0) is 11.3 Å². The summed E-state index contributed by atoms with van der Waals surface area (Å²) >= 11 is 6.28. The first-order chi connectivity index (χ1) is 18.9. The largest absolute Gasteiger partial charge is 0.480 e. The first-order valence-corrected chi connectivity index (χ1v) is 12.3. The molecule has 2 aliphatic heterocycles. The molecular weight excluding hydrogens is 526 g/mol. The van der Waals surface area contributed by atoms with E-state index in [0.717, 1.165) is 5.56 Å². The number of benzene rings is 3. The van der Waals surface area contributed by atoms with Crippen molar-refractivity contribution >= 4 is 40.8 Å². The molecular formula is C28H19ClF2N6O2. The van der Waals surface area contributed by atoms with Gasteiger partial charge in [-0.3, -0.25) is 9.98 Å². The predicted octanol–water partition coefficient (Wildman–Crippen LogP) is 4.97. The Morgan fingerprint density at radius 3 is 2.51 bits per heavy atom. The molecule has 0 bridgehead atoms. The molecule has 3 aromatic carbocycles. The van der Waals surface area contributed by atoms with Gasteiger partial charge in [0.2, 0.25) is 5.95 Å². The number of aliphatic imine (C=N–C) groups is 2. The lowest BCUT2D eigenvalue weighted by Gasteiger charge is -2.13. The lowest BCUT2D eigenvalue weighted by atomic mass is 9.95. The van der Waals surface area contributed by atoms with E-state index in [2.05, 4.69) is 25.6 Å². The maximum atomic E-state index is 14.7. The first-order valence-electron chi connectivity index (χ1n) is 11.9. The van der Waals surface area contributed by atoms with Gasteiger partial charge in [0.25, 0.3) is 0 Å². The van der Waals surface area contributed by atoms with Crippen molar-refractivity contribution in [3.05, 3.63) is 106 Å². The van der Waals surface area contributed by atoms with Gasteiger partial charge in [0.05, 0.1) is 30.1 Å². The molecule has 0 saturated heterocycles. The standard InChI is InChI=1S/C28H19ClF2N6O2/c29-16-6-9-18-19(10-16)25(23-20(30)2-1-3-21(23)31)32-11-15-12-34-28(37-24(15)18)35-17-7-4-14(5-8-17)26-33-13-22(36-26)27(38)39/h1-10,12,22H,11,13H2,(H,33,36)(H,38,39)(H,34,35,37). The van der Waals surface area contributed by atoms with Crippen molar-refractivity contribution < 1.29 is 18.7 Å². The summed E-state index contributed by atoms with van der Waals surface area (Å²) in [5.41, 5.74) is 3.71. The van der Waals surface area contributed by atoms with E-state index in [1.54, 1.807) is 36.5 Å². The molecule has 3 N–H and O–H groups in total. The summed E-state index contributed by atoms with van der Waals surface area (Å²) in [5.74, 6) is -1.56. The highest BCUT2D eigenvalue weighted by atomic mass is 35.5. The molecule has 8 nitrogen and oxygen atoms in total. The summed E-state index contributed by atoms with van der Waals surface area (Å²) in [6.45, 7) is 0.293. The van der Waals surface area contributed by atoms with Crippen LogP contribution >= 0.6 is 11.6 Å². The highest BCUT2D eigenvalue weighted by molar-refractivity contribution is 6.31. The van der Waals surface area contributed by atoms with Gasteiger partial charge in [0, 0.05) is 39.2 Å². The summed E-state index contributed by atoms with van der Waals surface area (Å²) in [7, 11) is 0. The number of nitrogens with zero attached hydrogens (tertiary/aromatic N) is 4. The zero-order chi connectivity index (χ0) is 27.1. The molecule has 2 aliphatic rings. The molecule has 0 fully saturated rings. The average molecular weight is 545 g/mol. The van der Waals surface area contributed by atoms with Gasteiger partial charge in [-0.05, 0) is 48.5 Å². The Bertz CT molecular complexity index is 1670. The first kappa shape index (κ1) is 24.6. The van der Waals surface area contributed by atoms with Crippen molar-refractivity contribution in [1.29, 1.82) is 0 Å². The lowest BCUT2D eigenvalue weighted by Crippen LogP contribution is -2.37. The molecule has 1 atom stereocenters. The van der Waals surface area contributed by atoms with Gasteiger partial charge in [-0.2, -0.15) is 0 Å². The molecule has 6 rings (SSSR count). The summed E-state index contributed by atoms with van der Waals surface area (Å²) in [6.07, 6.45) is 1.63. The van der Waals surface area contributed by atoms with Crippen LogP contribution in [0.2, 0.25) is 5.02 Å². The Kier molecular flexibility index (Phi) is 6.24. The number of halogens is 3. The number of aromatic nitrogens is 2. The number of aliphatic carboxylic acids is 1. The third-order valence-electron chi connectivity index (χ3n) is 6.42. The summed E-state index contributed by atoms with van der Waals surface area (Å²) in [6, 6.07) is 15.2. The fourth-order valence-corrected chi connectivity index (χ4v) is 4.69. The van der Waals surface area contributed by atoms with Gasteiger partial charge >= 0.3 is 5.97 Å². The maximum absolute atomic E-state index is 14.7. The van der Waals surface area contributed by atoms with Crippen LogP contribution in [-0.4, -0.2) is 45.2 Å². The van der Waals surface area contributed by atoms with Gasteiger partial charge in [-0.15, -0.1) is 0 Å². The SMILES string of the molecule is O=C(O)C1CN=C(c2ccc(Nc3ncc4c(n3)-c3ccc(Cl)cc3C(c3c(F)cccc3F)=NC4)cc2)N1. The number of carboxylic acid groups (broad SMARTS) is 1. The van der Waals surface area contributed by atoms with E-state index < -0.39 is 23.6 Å². The fourth-order valence-electron chi connectivity index (χ4n) is 4.52. The highest BCUT2D eigenvalue weighted by Crippen LogP contribution is 2.34. The monoisotopic (exact) mass is 544 g/mol. The number of hydrogen-bond acceptors (Lipinski definition) is 7. The van der Waals surface area contributed by atoms with Crippen LogP contribution in [0.4, 0.5) is 20.4 Å². The second kappa shape index (κ2) is 9.88. The number of carbonyl (C=O) groups is 1. The van der Waals surface area contributed by atoms with Crippen LogP contribution < -0.4 is 10.6 Å². The molecule has 1 unspecified atom stereocenters. The molecule has 39 heavy (non-hydrogen) atoms. The van der Waals surface area contributed by atoms with Crippen LogP contribution in [0.15, 0.2) is 76.8 Å². The second-order valence-corrected chi connectivity index (χ2v) is 9.38. The minimum Gasteiger partial charge on any atom is -0.480 e. The number of hydrogen-bond donors (Lipinski definition) is 3. The van der Waals surface area contributed by atoms with E-state index in [-0.39, 0.29) is 24.4 Å². The summed E-state index contributed by atoms with van der Waals surface area (Å²) in [4.78, 5) is 29.1. The number of anilines is 2. The number of nitrogens with one attached hydrogen (secondary N) is 2. The second-order valence-electron chi connectivity index (χ2n) is 8.95. The molecule has 3 heterocycles. The molecule has 0 radical (unpaired) electrons. The Morgan fingerprint density at radius 1 is 1.03 bits per heavy atom. The van der Waals surface area contributed by atoms with Crippen molar-refractivity contribution in [2.24, 2.45) is 9.98 Å². The van der Waals surface area contributed by atoms with Crippen LogP contribution in [0.5, 0.6) is 0 Å². The van der Waals surface area contributed by atoms with Gasteiger partial charge in [-0.25, -0.2) is 23.5 Å². The van der Waals surface area contributed by atoms with Crippen LogP contribution in [0.3, 0.4) is 0 Å². The Hall–Kier alpha value is -4.70. The molecule has 0 aliphatic carbocycles. The van der Waals surface area contributed by atoms with E-state index >= 15 is 0 Å². The summed E-state index contributed by atoms with van der Waals surface area (Å²) in [5, 5.41) is 15.6. The number of rotatable bonds is 5. The van der Waals surface area contributed by atoms with Crippen LogP contribution in [0, 0.1) is 11.6 Å². The van der Waals surface area contributed by atoms with Gasteiger partial charge in [0.15, 0.2) is 0 Å². The highest BCUT2D eigenvalue weighted by Gasteiger charge is 2.26. The molecule has 4 aromatic rings. The van der Waals surface area contributed by atoms with Crippen molar-refractivity contribution in [1.82, 2.24) is 15.3 Å². The van der Waals surface area contributed by atoms with E-state index in [9.17, 15) is 13.6 Å². The number of amidine groups is 1. The lowest BCUT2D eigenvalue weighted by molar-refractivity contribution is -0.138. The quantitative estimate of drug-likeness (QED) is 0.327. The third kappa shape index (κ3) is 4.70. The number of carboxylic acids is 1. The molecule has 194 valence electrons. The van der Waals surface area contributed by atoms with Crippen molar-refractivity contribution in [3.8, 4) is 11.3 Å². The van der Waals surface area contributed by atoms with E-state index in [0.29, 0.717) is 44.9 Å². The van der Waals surface area contributed by atoms with Crippen molar-refractivity contribution in [2.45, 2.75) is 12.6 Å². The zero-order valence-electron chi connectivity index (χ0n) is 20.1. The van der Waals surface area contributed by atoms with Crippen molar-refractivity contribution in [2.75, 3.05) is 11.9 Å². The van der Waals surface area contributed by atoms with E-state index in [1.165, 1.54) is 18.2 Å². The van der Waals surface area contributed by atoms with Crippen LogP contribution in [0.1, 0.15) is 22.3 Å². The molecule has 0 saturated carbocycles. The molecule has 0 spiro atoms. The predicted molar refractivity (Wildman–Crippen MR) is 144 cm³/mol. The zero-order valence-corrected chi connectivity index (χ0v) is 20.9. The van der Waals surface area contributed by atoms with Gasteiger partial charge in [0.1, 0.15) is 23.5 Å². The topological polar surface area (TPSA) is 112 Å². The Morgan fingerprint density at radius 2 is 1.79 bits per heavy atom. The van der Waals surface area contributed by atoms with Crippen LogP contribution in [0.25, 0.3) is 11.3 Å². The minimum atomic E-state index is -0.951. The molecule has 0 amide bonds. The maximum Gasteiger partial charge on any atom is 0.328 e. The van der Waals surface area contributed by atoms with Gasteiger partial charge in [-0.1, -0.05) is 23.7 Å². The van der Waals surface area contributed by atoms with Crippen molar-refractivity contribution in [3.63, 3.8) is 0 Å². The fraction of sp³-hybridized carbons (Fsp3) is 0.107. The number of fused-ring (bicyclic) bond motifs is 3. The Balaban J connectivity index is 1.32. The summed E-state index contributed by atoms with van der Waals surface area (Å²) < 4.78 is 29.5. The Labute approximate surface area is 226 Å². The average Bonchev–Trinajstić information content (AvgIpc) is 3.37.